The van der Waals surface area contributed by atoms with Crippen molar-refractivity contribution in [1.82, 2.24) is 15.5 Å². The summed E-state index contributed by atoms with van der Waals surface area (Å²) in [4.78, 5) is 14.6. The molecule has 2 aromatic carbocycles. The van der Waals surface area contributed by atoms with Crippen LogP contribution in [0.3, 0.4) is 0 Å². The predicted octanol–water partition coefficient (Wildman–Crippen LogP) is 3.54. The fraction of sp³-hybridized carbons (Fsp3) is 0.273. The standard InChI is InChI=1S/C22H23FN4O/c23-18-10-8-16(9-11-18)13-22(28)24-19-7-4-12-27(15-19)21-14-20(25-26-21)17-5-2-1-3-6-17/h1-3,5-6,8-11,14,19H,4,7,12-13,15H2,(H,24,28)(H,25,26)/t19-/m1/s1. The molecule has 0 aliphatic carbocycles. The molecule has 1 aliphatic heterocycles. The summed E-state index contributed by atoms with van der Waals surface area (Å²) in [6, 6.07) is 18.3. The Bertz CT molecular complexity index is 923. The summed E-state index contributed by atoms with van der Waals surface area (Å²) in [6.45, 7) is 1.65. The summed E-state index contributed by atoms with van der Waals surface area (Å²) in [5.74, 6) is 0.572. The Kier molecular flexibility index (Phi) is 5.37. The third-order valence-electron chi connectivity index (χ3n) is 5.04. The van der Waals surface area contributed by atoms with Crippen molar-refractivity contribution in [3.05, 3.63) is 72.0 Å². The van der Waals surface area contributed by atoms with Gasteiger partial charge in [0.15, 0.2) is 5.82 Å². The van der Waals surface area contributed by atoms with Gasteiger partial charge >= 0.3 is 0 Å². The number of carbonyl (C=O) groups excluding carboxylic acids is 1. The maximum Gasteiger partial charge on any atom is 0.224 e. The Morgan fingerprint density at radius 3 is 2.75 bits per heavy atom. The fourth-order valence-corrected chi connectivity index (χ4v) is 3.61. The number of carbonyl (C=O) groups is 1. The van der Waals surface area contributed by atoms with E-state index < -0.39 is 0 Å². The van der Waals surface area contributed by atoms with Gasteiger partial charge in [-0.3, -0.25) is 9.89 Å². The van der Waals surface area contributed by atoms with Gasteiger partial charge < -0.3 is 10.2 Å². The summed E-state index contributed by atoms with van der Waals surface area (Å²) in [6.07, 6.45) is 2.20. The number of benzene rings is 2. The van der Waals surface area contributed by atoms with Gasteiger partial charge in [0.2, 0.25) is 5.91 Å². The molecular formula is C22H23FN4O. The van der Waals surface area contributed by atoms with Gasteiger partial charge in [-0.05, 0) is 36.1 Å². The molecule has 2 N–H and O–H groups in total. The Morgan fingerprint density at radius 2 is 1.96 bits per heavy atom. The van der Waals surface area contributed by atoms with E-state index in [0.29, 0.717) is 0 Å². The van der Waals surface area contributed by atoms with Crippen LogP contribution in [0.4, 0.5) is 10.2 Å². The van der Waals surface area contributed by atoms with Crippen LogP contribution in [0.25, 0.3) is 11.3 Å². The minimum atomic E-state index is -0.291. The van der Waals surface area contributed by atoms with Gasteiger partial charge in [0.05, 0.1) is 12.1 Å². The van der Waals surface area contributed by atoms with E-state index in [9.17, 15) is 9.18 Å². The zero-order chi connectivity index (χ0) is 19.3. The van der Waals surface area contributed by atoms with Crippen molar-refractivity contribution in [1.29, 1.82) is 0 Å². The molecule has 28 heavy (non-hydrogen) atoms. The number of nitrogens with one attached hydrogen (secondary N) is 2. The SMILES string of the molecule is O=C(Cc1ccc(F)cc1)N[C@@H]1CCCN(c2cc(-c3ccccc3)[nH]n2)C1. The van der Waals surface area contributed by atoms with Crippen LogP contribution in [0, 0.1) is 5.82 Å². The van der Waals surface area contributed by atoms with Crippen LogP contribution in [0.15, 0.2) is 60.7 Å². The van der Waals surface area contributed by atoms with Crippen LogP contribution in [-0.2, 0) is 11.2 Å². The van der Waals surface area contributed by atoms with Gasteiger partial charge in [0, 0.05) is 25.2 Å². The maximum atomic E-state index is 13.0. The lowest BCUT2D eigenvalue weighted by atomic mass is 10.0. The van der Waals surface area contributed by atoms with Crippen molar-refractivity contribution in [3.8, 4) is 11.3 Å². The number of H-pyrrole nitrogens is 1. The molecule has 0 radical (unpaired) electrons. The molecule has 0 spiro atoms. The Labute approximate surface area is 163 Å². The van der Waals surface area contributed by atoms with Gasteiger partial charge in [-0.25, -0.2) is 4.39 Å². The Hall–Kier alpha value is -3.15. The van der Waals surface area contributed by atoms with Crippen LogP contribution in [0.5, 0.6) is 0 Å². The summed E-state index contributed by atoms with van der Waals surface area (Å²) >= 11 is 0. The molecule has 0 unspecified atom stereocenters. The first kappa shape index (κ1) is 18.2. The van der Waals surface area contributed by atoms with Crippen molar-refractivity contribution in [2.75, 3.05) is 18.0 Å². The number of piperidine rings is 1. The van der Waals surface area contributed by atoms with Gasteiger partial charge in [-0.15, -0.1) is 0 Å². The summed E-state index contributed by atoms with van der Waals surface area (Å²) in [5.41, 5.74) is 2.90. The molecule has 144 valence electrons. The molecule has 3 aromatic rings. The first-order chi connectivity index (χ1) is 13.7. The minimum Gasteiger partial charge on any atom is -0.353 e. The highest BCUT2D eigenvalue weighted by Crippen LogP contribution is 2.24. The van der Waals surface area contributed by atoms with Crippen LogP contribution in [-0.4, -0.2) is 35.2 Å². The second-order valence-electron chi connectivity index (χ2n) is 7.16. The molecule has 1 saturated heterocycles. The largest absolute Gasteiger partial charge is 0.353 e. The Balaban J connectivity index is 1.36. The van der Waals surface area contributed by atoms with E-state index in [-0.39, 0.29) is 24.2 Å². The molecule has 1 fully saturated rings. The van der Waals surface area contributed by atoms with Crippen LogP contribution in [0.2, 0.25) is 0 Å². The highest BCUT2D eigenvalue weighted by atomic mass is 19.1. The van der Waals surface area contributed by atoms with Crippen LogP contribution >= 0.6 is 0 Å². The molecule has 6 heteroatoms. The van der Waals surface area contributed by atoms with Gasteiger partial charge in [-0.1, -0.05) is 42.5 Å². The van der Waals surface area contributed by atoms with Crippen molar-refractivity contribution >= 4 is 11.7 Å². The molecule has 1 aliphatic rings. The molecule has 1 atom stereocenters. The number of halogens is 1. The molecule has 0 bridgehead atoms. The van der Waals surface area contributed by atoms with Crippen molar-refractivity contribution in [3.63, 3.8) is 0 Å². The Morgan fingerprint density at radius 1 is 1.18 bits per heavy atom. The normalized spacial score (nSPS) is 16.8. The summed E-state index contributed by atoms with van der Waals surface area (Å²) in [7, 11) is 0. The number of rotatable bonds is 5. The van der Waals surface area contributed by atoms with Crippen molar-refractivity contribution < 1.29 is 9.18 Å². The highest BCUT2D eigenvalue weighted by Gasteiger charge is 2.23. The summed E-state index contributed by atoms with van der Waals surface area (Å²) < 4.78 is 13.0. The third kappa shape index (κ3) is 4.39. The molecule has 1 aromatic heterocycles. The van der Waals surface area contributed by atoms with Gasteiger partial charge in [0.1, 0.15) is 5.82 Å². The monoisotopic (exact) mass is 378 g/mol. The zero-order valence-corrected chi connectivity index (χ0v) is 15.6. The first-order valence-electron chi connectivity index (χ1n) is 9.57. The van der Waals surface area contributed by atoms with Gasteiger partial charge in [-0.2, -0.15) is 5.10 Å². The van der Waals surface area contributed by atoms with Crippen molar-refractivity contribution in [2.24, 2.45) is 0 Å². The zero-order valence-electron chi connectivity index (χ0n) is 15.6. The number of amides is 1. The smallest absolute Gasteiger partial charge is 0.224 e. The molecule has 1 amide bonds. The molecular weight excluding hydrogens is 355 g/mol. The lowest BCUT2D eigenvalue weighted by Crippen LogP contribution is -2.48. The maximum absolute atomic E-state index is 13.0. The number of nitrogens with zero attached hydrogens (tertiary/aromatic N) is 2. The molecule has 4 rings (SSSR count). The lowest BCUT2D eigenvalue weighted by Gasteiger charge is -2.33. The van der Waals surface area contributed by atoms with E-state index in [1.165, 1.54) is 12.1 Å². The van der Waals surface area contributed by atoms with E-state index in [0.717, 1.165) is 48.6 Å². The van der Waals surface area contributed by atoms with E-state index in [2.05, 4.69) is 26.5 Å². The average molecular weight is 378 g/mol. The minimum absolute atomic E-state index is 0.0366. The topological polar surface area (TPSA) is 61.0 Å². The van der Waals surface area contributed by atoms with E-state index in [4.69, 9.17) is 0 Å². The number of hydrogen-bond acceptors (Lipinski definition) is 3. The van der Waals surface area contributed by atoms with E-state index in [1.807, 2.05) is 30.3 Å². The fourth-order valence-electron chi connectivity index (χ4n) is 3.61. The average Bonchev–Trinajstić information content (AvgIpc) is 3.21. The van der Waals surface area contributed by atoms with Crippen LogP contribution < -0.4 is 10.2 Å². The van der Waals surface area contributed by atoms with Crippen molar-refractivity contribution in [2.45, 2.75) is 25.3 Å². The first-order valence-corrected chi connectivity index (χ1v) is 9.57. The molecule has 0 saturated carbocycles. The lowest BCUT2D eigenvalue weighted by molar-refractivity contribution is -0.121. The second-order valence-corrected chi connectivity index (χ2v) is 7.16. The quantitative estimate of drug-likeness (QED) is 0.714. The number of aromatic nitrogens is 2. The van der Waals surface area contributed by atoms with Crippen LogP contribution in [0.1, 0.15) is 18.4 Å². The molecule has 5 nitrogen and oxygen atoms in total. The van der Waals surface area contributed by atoms with Gasteiger partial charge in [0.25, 0.3) is 0 Å². The number of anilines is 1. The molecule has 2 heterocycles. The summed E-state index contributed by atoms with van der Waals surface area (Å²) in [5, 5.41) is 10.7. The van der Waals surface area contributed by atoms with E-state index in [1.54, 1.807) is 12.1 Å². The third-order valence-corrected chi connectivity index (χ3v) is 5.04. The number of aromatic amines is 1. The highest BCUT2D eigenvalue weighted by molar-refractivity contribution is 5.79. The second kappa shape index (κ2) is 8.25. The van der Waals surface area contributed by atoms with E-state index >= 15 is 0 Å². The number of hydrogen-bond donors (Lipinski definition) is 2. The predicted molar refractivity (Wildman–Crippen MR) is 108 cm³/mol.